The van der Waals surface area contributed by atoms with E-state index in [2.05, 4.69) is 0 Å². The van der Waals surface area contributed by atoms with Crippen LogP contribution in [-0.4, -0.2) is 22.9 Å². The molecule has 16 heavy (non-hydrogen) atoms. The van der Waals surface area contributed by atoms with Gasteiger partial charge in [-0.1, -0.05) is 12.1 Å². The molecular formula is C9H8BF3O3. The third-order valence-electron chi connectivity index (χ3n) is 2.03. The third kappa shape index (κ3) is 2.62. The molecule has 0 aliphatic carbocycles. The van der Waals surface area contributed by atoms with E-state index in [1.165, 1.54) is 0 Å². The van der Waals surface area contributed by atoms with Crippen LogP contribution < -0.4 is 5.46 Å². The van der Waals surface area contributed by atoms with Gasteiger partial charge in [0.25, 0.3) is 0 Å². The molecule has 1 rings (SSSR count). The molecule has 0 amide bonds. The van der Waals surface area contributed by atoms with Gasteiger partial charge in [-0.25, -0.2) is 0 Å². The van der Waals surface area contributed by atoms with Gasteiger partial charge in [0, 0.05) is 5.56 Å². The molecule has 0 radical (unpaired) electrons. The van der Waals surface area contributed by atoms with E-state index in [0.29, 0.717) is 6.07 Å². The lowest BCUT2D eigenvalue weighted by Crippen LogP contribution is -2.31. The lowest BCUT2D eigenvalue weighted by molar-refractivity contribution is -0.137. The Kier molecular flexibility index (Phi) is 3.40. The molecule has 0 spiro atoms. The monoisotopic (exact) mass is 232 g/mol. The highest BCUT2D eigenvalue weighted by atomic mass is 19.4. The van der Waals surface area contributed by atoms with Crippen LogP contribution in [0.15, 0.2) is 18.2 Å². The molecule has 0 aliphatic heterocycles. The molecule has 3 nitrogen and oxygen atoms in total. The first-order chi connectivity index (χ1) is 7.23. The van der Waals surface area contributed by atoms with Crippen LogP contribution in [0.25, 0.3) is 0 Å². The van der Waals surface area contributed by atoms with Gasteiger partial charge in [0.2, 0.25) is 0 Å². The Bertz CT molecular complexity index is 415. The summed E-state index contributed by atoms with van der Waals surface area (Å²) in [6, 6.07) is 2.55. The summed E-state index contributed by atoms with van der Waals surface area (Å²) in [6.07, 6.45) is -4.70. The lowest BCUT2D eigenvalue weighted by atomic mass is 9.78. The fourth-order valence-electron chi connectivity index (χ4n) is 1.26. The SMILES string of the molecule is CC(=O)c1ccc(B(O)O)cc1C(F)(F)F. The fourth-order valence-corrected chi connectivity index (χ4v) is 1.26. The molecule has 2 N–H and O–H groups in total. The second kappa shape index (κ2) is 4.27. The number of halogens is 3. The van der Waals surface area contributed by atoms with Gasteiger partial charge in [-0.15, -0.1) is 0 Å². The lowest BCUT2D eigenvalue weighted by Gasteiger charge is -2.12. The van der Waals surface area contributed by atoms with Crippen LogP contribution in [0.1, 0.15) is 22.8 Å². The van der Waals surface area contributed by atoms with Crippen molar-refractivity contribution in [2.45, 2.75) is 13.1 Å². The van der Waals surface area contributed by atoms with E-state index < -0.39 is 30.2 Å². The Balaban J connectivity index is 3.39. The van der Waals surface area contributed by atoms with Gasteiger partial charge in [0.15, 0.2) is 5.78 Å². The van der Waals surface area contributed by atoms with Gasteiger partial charge < -0.3 is 10.0 Å². The maximum atomic E-state index is 12.5. The first-order valence-corrected chi connectivity index (χ1v) is 4.31. The quantitative estimate of drug-likeness (QED) is 0.579. The second-order valence-electron chi connectivity index (χ2n) is 3.23. The number of hydrogen-bond donors (Lipinski definition) is 2. The molecular weight excluding hydrogens is 224 g/mol. The Morgan fingerprint density at radius 2 is 1.88 bits per heavy atom. The Morgan fingerprint density at radius 1 is 1.31 bits per heavy atom. The predicted octanol–water partition coefficient (Wildman–Crippen LogP) is 0.588. The first-order valence-electron chi connectivity index (χ1n) is 4.31. The topological polar surface area (TPSA) is 57.5 Å². The van der Waals surface area contributed by atoms with Crippen molar-refractivity contribution in [2.24, 2.45) is 0 Å². The zero-order valence-electron chi connectivity index (χ0n) is 8.25. The molecule has 0 aliphatic rings. The van der Waals surface area contributed by atoms with E-state index in [9.17, 15) is 18.0 Å². The molecule has 0 saturated carbocycles. The van der Waals surface area contributed by atoms with Gasteiger partial charge >= 0.3 is 13.3 Å². The Morgan fingerprint density at radius 3 is 2.25 bits per heavy atom. The Labute approximate surface area is 89.7 Å². The number of hydrogen-bond acceptors (Lipinski definition) is 3. The average molecular weight is 232 g/mol. The number of Topliss-reactive ketones (excluding diaryl/α,β-unsaturated/α-hetero) is 1. The minimum Gasteiger partial charge on any atom is -0.423 e. The fraction of sp³-hybridized carbons (Fsp3) is 0.222. The summed E-state index contributed by atoms with van der Waals surface area (Å²) < 4.78 is 37.6. The number of carbonyl (C=O) groups is 1. The van der Waals surface area contributed by atoms with E-state index in [1.54, 1.807) is 0 Å². The smallest absolute Gasteiger partial charge is 0.423 e. The van der Waals surface area contributed by atoms with Crippen molar-refractivity contribution in [1.29, 1.82) is 0 Å². The standard InChI is InChI=1S/C9H8BF3O3/c1-5(14)7-3-2-6(10(15)16)4-8(7)9(11,12)13/h2-4,15-16H,1H3. The molecule has 0 saturated heterocycles. The van der Waals surface area contributed by atoms with Crippen LogP contribution in [0.2, 0.25) is 0 Å². The summed E-state index contributed by atoms with van der Waals surface area (Å²) in [6.45, 7) is 1.01. The number of rotatable bonds is 2. The van der Waals surface area contributed by atoms with Crippen molar-refractivity contribution < 1.29 is 28.0 Å². The van der Waals surface area contributed by atoms with E-state index in [0.717, 1.165) is 19.1 Å². The minimum atomic E-state index is -4.70. The highest BCUT2D eigenvalue weighted by Gasteiger charge is 2.35. The van der Waals surface area contributed by atoms with E-state index in [-0.39, 0.29) is 5.46 Å². The predicted molar refractivity (Wildman–Crippen MR) is 51.3 cm³/mol. The molecule has 7 heteroatoms. The van der Waals surface area contributed by atoms with Crippen LogP contribution in [0.5, 0.6) is 0 Å². The van der Waals surface area contributed by atoms with Crippen LogP contribution in [0, 0.1) is 0 Å². The minimum absolute atomic E-state index is 0.308. The van der Waals surface area contributed by atoms with Gasteiger partial charge in [0.05, 0.1) is 5.56 Å². The number of ketones is 1. The molecule has 0 atom stereocenters. The molecule has 0 fully saturated rings. The summed E-state index contributed by atoms with van der Waals surface area (Å²) in [5.41, 5.74) is -1.96. The molecule has 86 valence electrons. The molecule has 1 aromatic rings. The van der Waals surface area contributed by atoms with Crippen LogP contribution in [0.4, 0.5) is 13.2 Å². The zero-order valence-corrected chi connectivity index (χ0v) is 8.25. The van der Waals surface area contributed by atoms with Crippen molar-refractivity contribution in [1.82, 2.24) is 0 Å². The van der Waals surface area contributed by atoms with Gasteiger partial charge in [-0.3, -0.25) is 4.79 Å². The van der Waals surface area contributed by atoms with Gasteiger partial charge in [0.1, 0.15) is 0 Å². The maximum Gasteiger partial charge on any atom is 0.488 e. The summed E-state index contributed by atoms with van der Waals surface area (Å²) in [4.78, 5) is 11.0. The van der Waals surface area contributed by atoms with Crippen molar-refractivity contribution in [3.63, 3.8) is 0 Å². The van der Waals surface area contributed by atoms with Crippen LogP contribution >= 0.6 is 0 Å². The van der Waals surface area contributed by atoms with Crippen molar-refractivity contribution >= 4 is 18.4 Å². The largest absolute Gasteiger partial charge is 0.488 e. The third-order valence-corrected chi connectivity index (χ3v) is 2.03. The molecule has 0 aromatic heterocycles. The zero-order chi connectivity index (χ0) is 12.5. The summed E-state index contributed by atoms with van der Waals surface area (Å²) in [7, 11) is -2.00. The molecule has 0 unspecified atom stereocenters. The van der Waals surface area contributed by atoms with E-state index in [1.807, 2.05) is 0 Å². The number of alkyl halides is 3. The summed E-state index contributed by atoms with van der Waals surface area (Å²) in [5, 5.41) is 17.5. The highest BCUT2D eigenvalue weighted by Crippen LogP contribution is 2.31. The maximum absolute atomic E-state index is 12.5. The van der Waals surface area contributed by atoms with E-state index in [4.69, 9.17) is 10.0 Å². The Hall–Kier alpha value is -1.34. The highest BCUT2D eigenvalue weighted by molar-refractivity contribution is 6.58. The van der Waals surface area contributed by atoms with Gasteiger partial charge in [-0.2, -0.15) is 13.2 Å². The molecule has 0 bridgehead atoms. The van der Waals surface area contributed by atoms with Gasteiger partial charge in [-0.05, 0) is 18.5 Å². The van der Waals surface area contributed by atoms with Crippen molar-refractivity contribution in [2.75, 3.05) is 0 Å². The number of carbonyl (C=O) groups excluding carboxylic acids is 1. The normalized spacial score (nSPS) is 11.4. The van der Waals surface area contributed by atoms with E-state index >= 15 is 0 Å². The second-order valence-corrected chi connectivity index (χ2v) is 3.23. The number of benzene rings is 1. The van der Waals surface area contributed by atoms with Crippen molar-refractivity contribution in [3.8, 4) is 0 Å². The average Bonchev–Trinajstić information content (AvgIpc) is 2.15. The van der Waals surface area contributed by atoms with Crippen LogP contribution in [-0.2, 0) is 6.18 Å². The summed E-state index contributed by atoms with van der Waals surface area (Å²) >= 11 is 0. The first kappa shape index (κ1) is 12.7. The molecule has 1 aromatic carbocycles. The molecule has 0 heterocycles. The summed E-state index contributed by atoms with van der Waals surface area (Å²) in [5.74, 6) is -0.730. The van der Waals surface area contributed by atoms with Crippen molar-refractivity contribution in [3.05, 3.63) is 29.3 Å². The van der Waals surface area contributed by atoms with Crippen LogP contribution in [0.3, 0.4) is 0 Å².